The average molecular weight is 307 g/mol. The molecule has 1 aliphatic rings. The maximum absolute atomic E-state index is 12.4. The minimum atomic E-state index is -0.302. The first-order valence-corrected chi connectivity index (χ1v) is 7.47. The Morgan fingerprint density at radius 2 is 1.77 bits per heavy atom. The summed E-state index contributed by atoms with van der Waals surface area (Å²) >= 11 is 1.24. The molecule has 1 aliphatic carbocycles. The maximum Gasteiger partial charge on any atom is 0.257 e. The number of ketones is 1. The Morgan fingerprint density at radius 1 is 1.00 bits per heavy atom. The summed E-state index contributed by atoms with van der Waals surface area (Å²) in [4.78, 5) is 24.6. The van der Waals surface area contributed by atoms with Crippen molar-refractivity contribution < 1.29 is 9.59 Å². The summed E-state index contributed by atoms with van der Waals surface area (Å²) in [6, 6.07) is 12.6. The Hall–Kier alpha value is -2.86. The first kappa shape index (κ1) is 12.8. The van der Waals surface area contributed by atoms with E-state index in [0.29, 0.717) is 21.8 Å². The van der Waals surface area contributed by atoms with Gasteiger partial charge >= 0.3 is 0 Å². The van der Waals surface area contributed by atoms with E-state index in [2.05, 4.69) is 15.5 Å². The van der Waals surface area contributed by atoms with Gasteiger partial charge in [-0.25, -0.2) is 0 Å². The number of benzene rings is 2. The second kappa shape index (κ2) is 4.85. The lowest BCUT2D eigenvalue weighted by Crippen LogP contribution is -2.12. The van der Waals surface area contributed by atoms with Crippen LogP contribution in [0, 0.1) is 0 Å². The van der Waals surface area contributed by atoms with Crippen molar-refractivity contribution in [2.75, 3.05) is 5.32 Å². The highest BCUT2D eigenvalue weighted by atomic mass is 32.1. The van der Waals surface area contributed by atoms with Gasteiger partial charge in [0.15, 0.2) is 5.78 Å². The molecular formula is C16H9N3O2S. The Labute approximate surface area is 129 Å². The fourth-order valence-corrected chi connectivity index (χ4v) is 3.01. The zero-order valence-corrected chi connectivity index (χ0v) is 12.1. The van der Waals surface area contributed by atoms with E-state index < -0.39 is 0 Å². The number of hydrogen-bond donors (Lipinski definition) is 1. The van der Waals surface area contributed by atoms with Crippen LogP contribution in [0.3, 0.4) is 0 Å². The maximum atomic E-state index is 12.4. The number of rotatable bonds is 2. The first-order chi connectivity index (χ1) is 10.7. The number of carbonyl (C=O) groups excluding carboxylic acids is 2. The van der Waals surface area contributed by atoms with Crippen LogP contribution in [0.5, 0.6) is 0 Å². The van der Waals surface area contributed by atoms with Crippen LogP contribution in [-0.4, -0.2) is 21.9 Å². The van der Waals surface area contributed by atoms with Gasteiger partial charge in [-0.15, -0.1) is 10.2 Å². The number of hydrogen-bond acceptors (Lipinski definition) is 5. The molecule has 3 aromatic rings. The lowest BCUT2D eigenvalue weighted by molar-refractivity contribution is 0.102. The highest BCUT2D eigenvalue weighted by molar-refractivity contribution is 7.13. The van der Waals surface area contributed by atoms with Crippen LogP contribution in [0.1, 0.15) is 26.3 Å². The van der Waals surface area contributed by atoms with Crippen molar-refractivity contribution in [2.45, 2.75) is 0 Å². The highest BCUT2D eigenvalue weighted by Gasteiger charge is 2.27. The fourth-order valence-electron chi connectivity index (χ4n) is 2.57. The van der Waals surface area contributed by atoms with Gasteiger partial charge < -0.3 is 0 Å². The first-order valence-electron chi connectivity index (χ1n) is 6.60. The number of fused-ring (bicyclic) bond motifs is 3. The van der Waals surface area contributed by atoms with E-state index in [9.17, 15) is 9.59 Å². The minimum absolute atomic E-state index is 0.0452. The van der Waals surface area contributed by atoms with Crippen LogP contribution >= 0.6 is 11.3 Å². The zero-order chi connectivity index (χ0) is 15.1. The monoisotopic (exact) mass is 307 g/mol. The number of aromatic nitrogens is 2. The highest BCUT2D eigenvalue weighted by Crippen LogP contribution is 2.36. The van der Waals surface area contributed by atoms with Crippen molar-refractivity contribution in [2.24, 2.45) is 0 Å². The Bertz CT molecular complexity index is 904. The van der Waals surface area contributed by atoms with Gasteiger partial charge in [-0.1, -0.05) is 41.7 Å². The number of anilines is 1. The molecule has 1 amide bonds. The molecule has 0 radical (unpaired) electrons. The molecule has 0 saturated heterocycles. The van der Waals surface area contributed by atoms with Gasteiger partial charge in [-0.3, -0.25) is 14.9 Å². The van der Waals surface area contributed by atoms with Gasteiger partial charge in [-0.2, -0.15) is 0 Å². The molecule has 0 saturated carbocycles. The van der Waals surface area contributed by atoms with E-state index in [1.165, 1.54) is 11.3 Å². The molecule has 6 heteroatoms. The predicted octanol–water partition coefficient (Wildman–Crippen LogP) is 3.00. The van der Waals surface area contributed by atoms with Crippen LogP contribution in [0.15, 0.2) is 48.0 Å². The molecular weight excluding hydrogens is 298 g/mol. The lowest BCUT2D eigenvalue weighted by atomic mass is 10.0. The van der Waals surface area contributed by atoms with Gasteiger partial charge in [-0.05, 0) is 23.3 Å². The van der Waals surface area contributed by atoms with Gasteiger partial charge in [0.25, 0.3) is 5.91 Å². The number of nitrogens with one attached hydrogen (secondary N) is 1. The summed E-state index contributed by atoms with van der Waals surface area (Å²) in [5.74, 6) is -0.348. The van der Waals surface area contributed by atoms with Gasteiger partial charge in [0.05, 0.1) is 0 Å². The molecule has 1 aromatic heterocycles. The van der Waals surface area contributed by atoms with Crippen molar-refractivity contribution in [3.8, 4) is 11.1 Å². The summed E-state index contributed by atoms with van der Waals surface area (Å²) in [7, 11) is 0. The Morgan fingerprint density at radius 3 is 2.55 bits per heavy atom. The molecule has 4 rings (SSSR count). The van der Waals surface area contributed by atoms with Crippen LogP contribution in [-0.2, 0) is 0 Å². The molecule has 22 heavy (non-hydrogen) atoms. The number of nitrogens with zero attached hydrogens (tertiary/aromatic N) is 2. The van der Waals surface area contributed by atoms with Crippen molar-refractivity contribution >= 4 is 28.2 Å². The Kier molecular flexibility index (Phi) is 2.83. The molecule has 1 N–H and O–H groups in total. The topological polar surface area (TPSA) is 72.0 Å². The van der Waals surface area contributed by atoms with E-state index in [1.54, 1.807) is 23.7 Å². The molecule has 106 valence electrons. The van der Waals surface area contributed by atoms with Crippen LogP contribution in [0.4, 0.5) is 5.13 Å². The van der Waals surface area contributed by atoms with Crippen LogP contribution in [0.2, 0.25) is 0 Å². The molecule has 0 bridgehead atoms. The molecule has 0 spiro atoms. The third-order valence-corrected chi connectivity index (χ3v) is 4.18. The second-order valence-corrected chi connectivity index (χ2v) is 5.67. The van der Waals surface area contributed by atoms with Crippen molar-refractivity contribution in [3.63, 3.8) is 0 Å². The standard InChI is InChI=1S/C16H9N3O2S/c20-14-12-4-2-1-3-10(12)11-6-5-9(7-13(11)14)15(21)18-16-19-17-8-22-16/h1-8H,(H,18,19,21). The number of carbonyl (C=O) groups is 2. The molecule has 0 atom stereocenters. The lowest BCUT2D eigenvalue weighted by Gasteiger charge is -2.04. The van der Waals surface area contributed by atoms with Crippen LogP contribution < -0.4 is 5.32 Å². The molecule has 0 unspecified atom stereocenters. The van der Waals surface area contributed by atoms with Crippen molar-refractivity contribution in [1.29, 1.82) is 0 Å². The van der Waals surface area contributed by atoms with E-state index in [1.807, 2.05) is 24.3 Å². The largest absolute Gasteiger partial charge is 0.296 e. The second-order valence-electron chi connectivity index (χ2n) is 4.83. The fraction of sp³-hybridized carbons (Fsp3) is 0. The van der Waals surface area contributed by atoms with Crippen molar-refractivity contribution in [1.82, 2.24) is 10.2 Å². The van der Waals surface area contributed by atoms with E-state index in [0.717, 1.165) is 11.1 Å². The summed E-state index contributed by atoms with van der Waals surface area (Å²) in [6.45, 7) is 0. The van der Waals surface area contributed by atoms with Gasteiger partial charge in [0.1, 0.15) is 5.51 Å². The third-order valence-electron chi connectivity index (χ3n) is 3.57. The summed E-state index contributed by atoms with van der Waals surface area (Å²) in [5.41, 5.74) is 4.99. The zero-order valence-electron chi connectivity index (χ0n) is 11.2. The molecule has 5 nitrogen and oxygen atoms in total. The van der Waals surface area contributed by atoms with Crippen molar-refractivity contribution in [3.05, 3.63) is 64.7 Å². The number of amides is 1. The van der Waals surface area contributed by atoms with E-state index in [4.69, 9.17) is 0 Å². The summed E-state index contributed by atoms with van der Waals surface area (Å²) in [5, 5.41) is 10.5. The third kappa shape index (κ3) is 1.93. The molecule has 2 aromatic carbocycles. The molecule has 1 heterocycles. The summed E-state index contributed by atoms with van der Waals surface area (Å²) in [6.07, 6.45) is 0. The Balaban J connectivity index is 1.72. The smallest absolute Gasteiger partial charge is 0.257 e. The summed E-state index contributed by atoms with van der Waals surface area (Å²) < 4.78 is 0. The van der Waals surface area contributed by atoms with Gasteiger partial charge in [0.2, 0.25) is 5.13 Å². The minimum Gasteiger partial charge on any atom is -0.296 e. The quantitative estimate of drug-likeness (QED) is 0.618. The van der Waals surface area contributed by atoms with E-state index in [-0.39, 0.29) is 11.7 Å². The predicted molar refractivity (Wildman–Crippen MR) is 83.2 cm³/mol. The van der Waals surface area contributed by atoms with Crippen LogP contribution in [0.25, 0.3) is 11.1 Å². The average Bonchev–Trinajstić information content (AvgIpc) is 3.15. The normalized spacial score (nSPS) is 11.9. The molecule has 0 fully saturated rings. The van der Waals surface area contributed by atoms with Gasteiger partial charge in [0, 0.05) is 16.7 Å². The molecule has 0 aliphatic heterocycles. The SMILES string of the molecule is O=C(Nc1nncs1)c1ccc2c(c1)C(=O)c1ccccc1-2. The van der Waals surface area contributed by atoms with E-state index >= 15 is 0 Å².